The van der Waals surface area contributed by atoms with Gasteiger partial charge in [0.25, 0.3) is 0 Å². The Morgan fingerprint density at radius 3 is 1.24 bits per heavy atom. The average molecular weight is 621 g/mol. The molecule has 0 fully saturated rings. The first-order chi connectivity index (χ1) is 24.3. The van der Waals surface area contributed by atoms with Crippen molar-refractivity contribution in [2.24, 2.45) is 0 Å². The molecule has 11 rings (SSSR count). The van der Waals surface area contributed by atoms with E-state index in [0.717, 1.165) is 27.5 Å². The molecule has 0 saturated heterocycles. The lowest BCUT2D eigenvalue weighted by Crippen LogP contribution is -1.93. The van der Waals surface area contributed by atoms with E-state index < -0.39 is 0 Å². The van der Waals surface area contributed by atoms with Crippen LogP contribution in [0.1, 0.15) is 0 Å². The van der Waals surface area contributed by atoms with E-state index in [1.165, 1.54) is 82.4 Å². The first-order valence-electron chi connectivity index (χ1n) is 16.9. The summed E-state index contributed by atoms with van der Waals surface area (Å²) in [6.45, 7) is 0. The molecule has 1 heteroatoms. The van der Waals surface area contributed by atoms with E-state index in [2.05, 4.69) is 164 Å². The zero-order valence-electron chi connectivity index (χ0n) is 26.6. The Bertz CT molecular complexity index is 2890. The summed E-state index contributed by atoms with van der Waals surface area (Å²) in [6, 6.07) is 62.1. The zero-order chi connectivity index (χ0) is 32.1. The lowest BCUT2D eigenvalue weighted by Gasteiger charge is -2.20. The third-order valence-corrected chi connectivity index (χ3v) is 10.6. The Hall–Kier alpha value is -6.44. The van der Waals surface area contributed by atoms with Gasteiger partial charge in [-0.25, -0.2) is 0 Å². The van der Waals surface area contributed by atoms with Gasteiger partial charge in [-0.3, -0.25) is 0 Å². The van der Waals surface area contributed by atoms with E-state index in [1.807, 2.05) is 6.07 Å². The van der Waals surface area contributed by atoms with Gasteiger partial charge in [0, 0.05) is 21.9 Å². The molecule has 0 amide bonds. The van der Waals surface area contributed by atoms with E-state index in [9.17, 15) is 0 Å². The standard InChI is InChI=1S/C48H28O/c1-3-15-31-29(13-1)30-14-2-4-16-32(30)40-27-28-41(39-23-11-22-34(31)45(39)40)46-35-18-5-7-20-37(35)47(38-21-8-6-19-36(38)46)43-25-12-24-42-33-17-9-10-26-44(33)49-48(42)43/h1-28H. The van der Waals surface area contributed by atoms with Crippen LogP contribution in [0.3, 0.4) is 0 Å². The molecule has 0 bridgehead atoms. The third kappa shape index (κ3) is 3.65. The Morgan fingerprint density at radius 1 is 0.245 bits per heavy atom. The van der Waals surface area contributed by atoms with Crippen LogP contribution in [0, 0.1) is 0 Å². The van der Waals surface area contributed by atoms with Gasteiger partial charge in [0.15, 0.2) is 0 Å². The molecular weight excluding hydrogens is 593 g/mol. The maximum Gasteiger partial charge on any atom is 0.143 e. The molecular formula is C48H28O. The van der Waals surface area contributed by atoms with Gasteiger partial charge in [0.05, 0.1) is 0 Å². The lowest BCUT2D eigenvalue weighted by atomic mass is 9.83. The third-order valence-electron chi connectivity index (χ3n) is 10.6. The van der Waals surface area contributed by atoms with Crippen LogP contribution in [0.5, 0.6) is 0 Å². The monoisotopic (exact) mass is 620 g/mol. The highest BCUT2D eigenvalue weighted by Gasteiger charge is 2.25. The number of rotatable bonds is 2. The first kappa shape index (κ1) is 26.6. The normalized spacial score (nSPS) is 12.1. The van der Waals surface area contributed by atoms with Crippen LogP contribution in [0.4, 0.5) is 0 Å². The summed E-state index contributed by atoms with van der Waals surface area (Å²) in [5, 5.41) is 9.78. The topological polar surface area (TPSA) is 13.1 Å². The number of hydrogen-bond acceptors (Lipinski definition) is 1. The summed E-state index contributed by atoms with van der Waals surface area (Å²) < 4.78 is 6.62. The highest BCUT2D eigenvalue weighted by Crippen LogP contribution is 2.52. The molecule has 0 unspecified atom stereocenters. The van der Waals surface area contributed by atoms with Crippen LogP contribution >= 0.6 is 0 Å². The minimum absolute atomic E-state index is 0.915. The number of benzene rings is 9. The number of fused-ring (bicyclic) bond motifs is 10. The summed E-state index contributed by atoms with van der Waals surface area (Å²) in [6.07, 6.45) is 0. The molecule has 0 spiro atoms. The number of hydrogen-bond donors (Lipinski definition) is 0. The maximum atomic E-state index is 6.62. The van der Waals surface area contributed by atoms with E-state index >= 15 is 0 Å². The highest BCUT2D eigenvalue weighted by atomic mass is 16.3. The van der Waals surface area contributed by atoms with Crippen molar-refractivity contribution >= 4 is 54.3 Å². The van der Waals surface area contributed by atoms with Crippen LogP contribution in [0.2, 0.25) is 0 Å². The largest absolute Gasteiger partial charge is 0.455 e. The zero-order valence-corrected chi connectivity index (χ0v) is 26.6. The van der Waals surface area contributed by atoms with Crippen LogP contribution in [-0.2, 0) is 0 Å². The van der Waals surface area contributed by atoms with E-state index in [1.54, 1.807) is 0 Å². The van der Waals surface area contributed by atoms with Crippen LogP contribution < -0.4 is 0 Å². The van der Waals surface area contributed by atoms with Crippen molar-refractivity contribution in [1.82, 2.24) is 0 Å². The van der Waals surface area contributed by atoms with Crippen molar-refractivity contribution in [3.05, 3.63) is 170 Å². The molecule has 10 aromatic rings. The summed E-state index contributed by atoms with van der Waals surface area (Å²) in [4.78, 5) is 0. The Kier molecular flexibility index (Phi) is 5.45. The molecule has 1 aromatic heterocycles. The molecule has 1 nitrogen and oxygen atoms in total. The average Bonchev–Trinajstić information content (AvgIpc) is 3.50. The molecule has 226 valence electrons. The lowest BCUT2D eigenvalue weighted by molar-refractivity contribution is 0.670. The molecule has 1 aliphatic carbocycles. The molecule has 9 aromatic carbocycles. The fraction of sp³-hybridized carbons (Fsp3) is 0. The second-order valence-corrected chi connectivity index (χ2v) is 13.1. The molecule has 0 radical (unpaired) electrons. The fourth-order valence-corrected chi connectivity index (χ4v) is 8.63. The van der Waals surface area contributed by atoms with Gasteiger partial charge in [0.1, 0.15) is 11.2 Å². The number of furan rings is 1. The molecule has 49 heavy (non-hydrogen) atoms. The molecule has 0 saturated carbocycles. The predicted molar refractivity (Wildman–Crippen MR) is 207 cm³/mol. The van der Waals surface area contributed by atoms with Gasteiger partial charge < -0.3 is 4.42 Å². The second kappa shape index (κ2) is 10.0. The summed E-state index contributed by atoms with van der Waals surface area (Å²) >= 11 is 0. The van der Waals surface area contributed by atoms with E-state index in [-0.39, 0.29) is 0 Å². The Labute approximate surface area is 283 Å². The fourth-order valence-electron chi connectivity index (χ4n) is 8.63. The summed E-state index contributed by atoms with van der Waals surface area (Å²) in [7, 11) is 0. The Morgan fingerprint density at radius 2 is 0.633 bits per heavy atom. The van der Waals surface area contributed by atoms with Crippen molar-refractivity contribution in [1.29, 1.82) is 0 Å². The van der Waals surface area contributed by atoms with Crippen LogP contribution in [-0.4, -0.2) is 0 Å². The molecule has 1 heterocycles. The molecule has 1 aliphatic rings. The van der Waals surface area contributed by atoms with Crippen molar-refractivity contribution < 1.29 is 4.42 Å². The van der Waals surface area contributed by atoms with Crippen molar-refractivity contribution in [2.45, 2.75) is 0 Å². The van der Waals surface area contributed by atoms with E-state index in [4.69, 9.17) is 4.42 Å². The highest BCUT2D eigenvalue weighted by molar-refractivity contribution is 6.27. The van der Waals surface area contributed by atoms with Gasteiger partial charge in [-0.2, -0.15) is 0 Å². The van der Waals surface area contributed by atoms with Crippen LogP contribution in [0.25, 0.3) is 110 Å². The second-order valence-electron chi connectivity index (χ2n) is 13.1. The van der Waals surface area contributed by atoms with Crippen molar-refractivity contribution in [2.75, 3.05) is 0 Å². The predicted octanol–water partition coefficient (Wildman–Crippen LogP) is 13.7. The van der Waals surface area contributed by atoms with Crippen LogP contribution in [0.15, 0.2) is 174 Å². The van der Waals surface area contributed by atoms with Crippen molar-refractivity contribution in [3.63, 3.8) is 0 Å². The smallest absolute Gasteiger partial charge is 0.143 e. The molecule has 0 N–H and O–H groups in total. The molecule has 0 atom stereocenters. The van der Waals surface area contributed by atoms with Gasteiger partial charge >= 0.3 is 0 Å². The van der Waals surface area contributed by atoms with Gasteiger partial charge in [-0.1, -0.05) is 164 Å². The maximum absolute atomic E-state index is 6.62. The van der Waals surface area contributed by atoms with Crippen molar-refractivity contribution in [3.8, 4) is 55.6 Å². The SMILES string of the molecule is c1ccc2c(c1)-c1ccccc1-c1ccc(-c3c4ccccc4c(-c4cccc5c4oc4ccccc45)c4ccccc34)c3cccc-2c13. The Balaban J connectivity index is 1.28. The minimum Gasteiger partial charge on any atom is -0.455 e. The number of para-hydroxylation sites is 2. The van der Waals surface area contributed by atoms with Gasteiger partial charge in [-0.05, 0) is 82.9 Å². The molecule has 0 aliphatic heterocycles. The quantitative estimate of drug-likeness (QED) is 0.175. The van der Waals surface area contributed by atoms with Gasteiger partial charge in [-0.15, -0.1) is 0 Å². The summed E-state index contributed by atoms with van der Waals surface area (Å²) in [5.74, 6) is 0. The first-order valence-corrected chi connectivity index (χ1v) is 16.9. The van der Waals surface area contributed by atoms with Gasteiger partial charge in [0.2, 0.25) is 0 Å². The van der Waals surface area contributed by atoms with E-state index in [0.29, 0.717) is 0 Å². The summed E-state index contributed by atoms with van der Waals surface area (Å²) in [5.41, 5.74) is 14.4. The minimum atomic E-state index is 0.915.